The van der Waals surface area contributed by atoms with Crippen LogP contribution in [0, 0.1) is 0 Å². The second-order valence-corrected chi connectivity index (χ2v) is 6.32. The van der Waals surface area contributed by atoms with Gasteiger partial charge in [-0.25, -0.2) is 0 Å². The van der Waals surface area contributed by atoms with E-state index in [4.69, 9.17) is 21.1 Å². The number of ether oxygens (including phenoxy) is 2. The van der Waals surface area contributed by atoms with Crippen LogP contribution in [0.2, 0.25) is 5.02 Å². The van der Waals surface area contributed by atoms with Crippen molar-refractivity contribution in [3.63, 3.8) is 0 Å². The zero-order valence-corrected chi connectivity index (χ0v) is 15.6. The summed E-state index contributed by atoms with van der Waals surface area (Å²) in [5, 5.41) is 2.59. The molecule has 1 aromatic carbocycles. The molecule has 0 unspecified atom stereocenters. The minimum Gasteiger partial charge on any atom is -0.382 e. The maximum Gasteiger partial charge on any atom is 0.0700 e. The van der Waals surface area contributed by atoms with Crippen LogP contribution in [0.5, 0.6) is 0 Å². The molecule has 1 rings (SSSR count). The molecule has 0 amide bonds. The van der Waals surface area contributed by atoms with Crippen LogP contribution in [-0.4, -0.2) is 37.6 Å². The van der Waals surface area contributed by atoms with Crippen LogP contribution in [0.4, 0.5) is 0 Å². The summed E-state index contributed by atoms with van der Waals surface area (Å²) in [6.07, 6.45) is 2.07. The summed E-state index contributed by atoms with van der Waals surface area (Å²) in [5.74, 6) is 0. The van der Waals surface area contributed by atoms with E-state index in [1.165, 1.54) is 5.56 Å². The zero-order chi connectivity index (χ0) is 14.8. The summed E-state index contributed by atoms with van der Waals surface area (Å²) in [7, 11) is 1.69. The van der Waals surface area contributed by atoms with Gasteiger partial charge < -0.3 is 9.47 Å². The SMILES string of the molecule is COCCOCCCC(CBr)(CBr)c1ccc(Cl)cc1. The van der Waals surface area contributed by atoms with Crippen LogP contribution in [0.25, 0.3) is 0 Å². The van der Waals surface area contributed by atoms with E-state index in [1.807, 2.05) is 12.1 Å². The number of methoxy groups -OCH3 is 1. The van der Waals surface area contributed by atoms with Crippen molar-refractivity contribution in [2.24, 2.45) is 0 Å². The molecule has 0 saturated heterocycles. The summed E-state index contributed by atoms with van der Waals surface area (Å²) in [4.78, 5) is 0. The minimum absolute atomic E-state index is 0.0786. The van der Waals surface area contributed by atoms with Crippen LogP contribution in [0.3, 0.4) is 0 Å². The molecule has 0 N–H and O–H groups in total. The van der Waals surface area contributed by atoms with Gasteiger partial charge in [0.05, 0.1) is 13.2 Å². The average Bonchev–Trinajstić information content (AvgIpc) is 2.48. The lowest BCUT2D eigenvalue weighted by Gasteiger charge is -2.31. The molecule has 0 bridgehead atoms. The Morgan fingerprint density at radius 1 is 1.05 bits per heavy atom. The van der Waals surface area contributed by atoms with E-state index >= 15 is 0 Å². The molecule has 0 saturated carbocycles. The van der Waals surface area contributed by atoms with E-state index < -0.39 is 0 Å². The molecular weight excluding hydrogens is 407 g/mol. The van der Waals surface area contributed by atoms with Crippen LogP contribution in [-0.2, 0) is 14.9 Å². The Labute approximate surface area is 143 Å². The molecule has 5 heteroatoms. The molecule has 0 heterocycles. The predicted molar refractivity (Wildman–Crippen MR) is 92.6 cm³/mol. The van der Waals surface area contributed by atoms with Gasteiger partial charge in [-0.05, 0) is 30.5 Å². The highest BCUT2D eigenvalue weighted by molar-refractivity contribution is 9.09. The monoisotopic (exact) mass is 426 g/mol. The van der Waals surface area contributed by atoms with Crippen LogP contribution < -0.4 is 0 Å². The Balaban J connectivity index is 2.56. The summed E-state index contributed by atoms with van der Waals surface area (Å²) in [6, 6.07) is 8.12. The second-order valence-electron chi connectivity index (χ2n) is 4.76. The molecule has 0 atom stereocenters. The van der Waals surface area contributed by atoms with Crippen LogP contribution >= 0.6 is 43.5 Å². The molecule has 2 nitrogen and oxygen atoms in total. The zero-order valence-electron chi connectivity index (χ0n) is 11.7. The Morgan fingerprint density at radius 3 is 2.25 bits per heavy atom. The molecule has 0 aromatic heterocycles. The molecule has 0 radical (unpaired) electrons. The number of hydrogen-bond donors (Lipinski definition) is 0. The van der Waals surface area contributed by atoms with Gasteiger partial charge in [-0.1, -0.05) is 55.6 Å². The first-order valence-electron chi connectivity index (χ1n) is 6.63. The van der Waals surface area contributed by atoms with E-state index in [1.54, 1.807) is 7.11 Å². The van der Waals surface area contributed by atoms with Crippen LogP contribution in [0.1, 0.15) is 18.4 Å². The third-order valence-corrected chi connectivity index (χ3v) is 5.74. The summed E-state index contributed by atoms with van der Waals surface area (Å²) in [6.45, 7) is 2.07. The van der Waals surface area contributed by atoms with E-state index in [9.17, 15) is 0 Å². The first kappa shape index (κ1) is 18.4. The standard InChI is InChI=1S/C15H21Br2ClO2/c1-19-9-10-20-8-2-7-15(11-16,12-17)13-3-5-14(18)6-4-13/h3-6H,2,7-12H2,1H3. The fraction of sp³-hybridized carbons (Fsp3) is 0.600. The summed E-state index contributed by atoms with van der Waals surface area (Å²) < 4.78 is 10.5. The lowest BCUT2D eigenvalue weighted by atomic mass is 9.80. The number of rotatable bonds is 10. The summed E-state index contributed by atoms with van der Waals surface area (Å²) in [5.41, 5.74) is 1.38. The molecule has 1 aromatic rings. The number of hydrogen-bond acceptors (Lipinski definition) is 2. The van der Waals surface area contributed by atoms with Crippen molar-refractivity contribution < 1.29 is 9.47 Å². The fourth-order valence-electron chi connectivity index (χ4n) is 2.03. The first-order valence-corrected chi connectivity index (χ1v) is 9.25. The number of benzene rings is 1. The van der Waals surface area contributed by atoms with Gasteiger partial charge in [0.1, 0.15) is 0 Å². The molecule has 0 aliphatic heterocycles. The minimum atomic E-state index is 0.0786. The Bertz CT molecular complexity index is 367. The van der Waals surface area contributed by atoms with Crippen molar-refractivity contribution in [3.05, 3.63) is 34.9 Å². The van der Waals surface area contributed by atoms with E-state index in [2.05, 4.69) is 44.0 Å². The average molecular weight is 429 g/mol. The maximum atomic E-state index is 5.97. The van der Waals surface area contributed by atoms with Crippen LogP contribution in [0.15, 0.2) is 24.3 Å². The van der Waals surface area contributed by atoms with Gasteiger partial charge in [-0.2, -0.15) is 0 Å². The van der Waals surface area contributed by atoms with Crippen molar-refractivity contribution in [1.82, 2.24) is 0 Å². The Morgan fingerprint density at radius 2 is 1.70 bits per heavy atom. The quantitative estimate of drug-likeness (QED) is 0.393. The Hall–Kier alpha value is 0.390. The summed E-state index contributed by atoms with van der Waals surface area (Å²) >= 11 is 13.3. The number of alkyl halides is 2. The van der Waals surface area contributed by atoms with Crippen molar-refractivity contribution in [2.45, 2.75) is 18.3 Å². The highest BCUT2D eigenvalue weighted by atomic mass is 79.9. The predicted octanol–water partition coefficient (Wildman–Crippen LogP) is 4.81. The number of halogens is 3. The molecule has 114 valence electrons. The van der Waals surface area contributed by atoms with Crippen molar-refractivity contribution >= 4 is 43.5 Å². The van der Waals surface area contributed by atoms with Crippen molar-refractivity contribution in [1.29, 1.82) is 0 Å². The molecule has 0 aliphatic rings. The second kappa shape index (κ2) is 10.2. The first-order chi connectivity index (χ1) is 9.68. The lowest BCUT2D eigenvalue weighted by Crippen LogP contribution is -2.30. The van der Waals surface area contributed by atoms with Gasteiger partial charge in [0.15, 0.2) is 0 Å². The van der Waals surface area contributed by atoms with E-state index in [-0.39, 0.29) is 5.41 Å². The lowest BCUT2D eigenvalue weighted by molar-refractivity contribution is 0.0671. The maximum absolute atomic E-state index is 5.97. The van der Waals surface area contributed by atoms with Gasteiger partial charge >= 0.3 is 0 Å². The Kier molecular flexibility index (Phi) is 9.38. The van der Waals surface area contributed by atoms with Gasteiger partial charge in [0, 0.05) is 34.8 Å². The third-order valence-electron chi connectivity index (χ3n) is 3.34. The van der Waals surface area contributed by atoms with E-state index in [0.717, 1.165) is 35.1 Å². The third kappa shape index (κ3) is 5.64. The van der Waals surface area contributed by atoms with Crippen molar-refractivity contribution in [3.8, 4) is 0 Å². The van der Waals surface area contributed by atoms with Crippen molar-refractivity contribution in [2.75, 3.05) is 37.6 Å². The highest BCUT2D eigenvalue weighted by Gasteiger charge is 2.29. The topological polar surface area (TPSA) is 18.5 Å². The molecule has 0 aliphatic carbocycles. The van der Waals surface area contributed by atoms with Gasteiger partial charge in [-0.15, -0.1) is 0 Å². The normalized spacial score (nSPS) is 11.8. The highest BCUT2D eigenvalue weighted by Crippen LogP contribution is 2.34. The van der Waals surface area contributed by atoms with E-state index in [0.29, 0.717) is 13.2 Å². The smallest absolute Gasteiger partial charge is 0.0700 e. The molecule has 0 fully saturated rings. The molecule has 0 spiro atoms. The molecule has 20 heavy (non-hydrogen) atoms. The molecular formula is C15H21Br2ClO2. The van der Waals surface area contributed by atoms with Gasteiger partial charge in [-0.3, -0.25) is 0 Å². The van der Waals surface area contributed by atoms with Gasteiger partial charge in [0.25, 0.3) is 0 Å². The fourth-order valence-corrected chi connectivity index (χ4v) is 4.29. The largest absolute Gasteiger partial charge is 0.382 e. The van der Waals surface area contributed by atoms with Gasteiger partial charge in [0.2, 0.25) is 0 Å².